The van der Waals surface area contributed by atoms with Gasteiger partial charge in [-0.1, -0.05) is 54.6 Å². The predicted molar refractivity (Wildman–Crippen MR) is 110 cm³/mol. The van der Waals surface area contributed by atoms with Crippen molar-refractivity contribution in [2.75, 3.05) is 6.61 Å². The normalized spacial score (nSPS) is 13.7. The summed E-state index contributed by atoms with van der Waals surface area (Å²) in [5, 5.41) is 11.5. The summed E-state index contributed by atoms with van der Waals surface area (Å²) in [4.78, 5) is 24.0. The van der Waals surface area contributed by atoms with E-state index < -0.39 is 41.2 Å². The highest BCUT2D eigenvalue weighted by Gasteiger charge is 2.36. The number of carbonyl (C=O) groups excluding carboxylic acids is 1. The zero-order valence-corrected chi connectivity index (χ0v) is 16.9. The number of nitrogens with one attached hydrogen (secondary N) is 1. The maximum absolute atomic E-state index is 13.5. The molecule has 33 heavy (non-hydrogen) atoms. The van der Waals surface area contributed by atoms with Crippen molar-refractivity contribution in [3.05, 3.63) is 94.8 Å². The molecule has 0 saturated carbocycles. The summed E-state index contributed by atoms with van der Waals surface area (Å²) < 4.78 is 57.8. The van der Waals surface area contributed by atoms with Crippen LogP contribution in [0.4, 0.5) is 22.4 Å². The zero-order valence-electron chi connectivity index (χ0n) is 16.9. The molecule has 3 aromatic rings. The van der Waals surface area contributed by atoms with Crippen molar-refractivity contribution in [3.8, 4) is 11.1 Å². The molecule has 0 fully saturated rings. The third-order valence-electron chi connectivity index (χ3n) is 5.48. The first-order valence-electron chi connectivity index (χ1n) is 9.87. The molecule has 0 aromatic heterocycles. The maximum Gasteiger partial charge on any atom is 0.419 e. The summed E-state index contributed by atoms with van der Waals surface area (Å²) in [5.41, 5.74) is 1.81. The molecule has 0 heterocycles. The molecule has 1 unspecified atom stereocenters. The Morgan fingerprint density at radius 1 is 0.970 bits per heavy atom. The molecule has 3 aromatic carbocycles. The second kappa shape index (κ2) is 8.57. The summed E-state index contributed by atoms with van der Waals surface area (Å²) in [6.07, 6.45) is -6.14. The number of fused-ring (bicyclic) bond motifs is 3. The fourth-order valence-corrected chi connectivity index (χ4v) is 3.99. The fraction of sp³-hybridized carbons (Fsp3) is 0.167. The van der Waals surface area contributed by atoms with Gasteiger partial charge in [0, 0.05) is 5.92 Å². The Kier molecular flexibility index (Phi) is 5.80. The number of amides is 1. The van der Waals surface area contributed by atoms with Gasteiger partial charge in [-0.2, -0.15) is 13.2 Å². The fourth-order valence-electron chi connectivity index (χ4n) is 3.99. The summed E-state index contributed by atoms with van der Waals surface area (Å²) in [7, 11) is 0. The van der Waals surface area contributed by atoms with Gasteiger partial charge in [-0.3, -0.25) is 0 Å². The third-order valence-corrected chi connectivity index (χ3v) is 5.48. The number of hydrogen-bond acceptors (Lipinski definition) is 3. The highest BCUT2D eigenvalue weighted by molar-refractivity contribution is 5.82. The lowest BCUT2D eigenvalue weighted by atomic mass is 9.98. The number of aliphatic carboxylic acids is 1. The van der Waals surface area contributed by atoms with E-state index in [1.165, 1.54) is 0 Å². The van der Waals surface area contributed by atoms with E-state index in [1.54, 1.807) is 0 Å². The number of ether oxygens (including phenoxy) is 1. The number of carbonyl (C=O) groups is 2. The molecule has 2 N–H and O–H groups in total. The van der Waals surface area contributed by atoms with Crippen LogP contribution in [0.25, 0.3) is 11.1 Å². The van der Waals surface area contributed by atoms with Crippen molar-refractivity contribution in [2.24, 2.45) is 0 Å². The van der Waals surface area contributed by atoms with Crippen molar-refractivity contribution < 1.29 is 37.0 Å². The van der Waals surface area contributed by atoms with Gasteiger partial charge in [-0.25, -0.2) is 14.0 Å². The van der Waals surface area contributed by atoms with Crippen LogP contribution in [0.15, 0.2) is 66.7 Å². The molecule has 4 rings (SSSR count). The molecule has 170 valence electrons. The van der Waals surface area contributed by atoms with Gasteiger partial charge in [0.1, 0.15) is 12.4 Å². The molecule has 1 aliphatic carbocycles. The molecule has 1 amide bonds. The number of halogens is 4. The van der Waals surface area contributed by atoms with E-state index in [0.29, 0.717) is 12.1 Å². The first-order chi connectivity index (χ1) is 15.7. The molecule has 0 saturated heterocycles. The zero-order chi connectivity index (χ0) is 23.8. The molecule has 0 bridgehead atoms. The number of alkyl halides is 3. The Hall–Kier alpha value is -3.88. The first kappa shape index (κ1) is 22.3. The smallest absolute Gasteiger partial charge is 0.419 e. The van der Waals surface area contributed by atoms with E-state index in [0.717, 1.165) is 28.3 Å². The number of carboxylic acids is 1. The lowest BCUT2D eigenvalue weighted by molar-refractivity contribution is -0.141. The van der Waals surface area contributed by atoms with Crippen molar-refractivity contribution in [1.29, 1.82) is 0 Å². The Labute approximate surface area is 185 Å². The standard InChI is InChI=1S/C24H17F4NO4/c25-20-10-9-13(11-19(20)24(26,27)28)21(22(30)31)29-23(32)33-12-18-16-7-3-1-5-14(16)15-6-2-4-8-17(15)18/h1-11,18,21H,12H2,(H,29,32)(H,30,31). The quantitative estimate of drug-likeness (QED) is 0.494. The van der Waals surface area contributed by atoms with E-state index in [1.807, 2.05) is 48.5 Å². The van der Waals surface area contributed by atoms with E-state index in [2.05, 4.69) is 5.32 Å². The van der Waals surface area contributed by atoms with Gasteiger partial charge in [0.05, 0.1) is 5.56 Å². The number of hydrogen-bond donors (Lipinski definition) is 2. The van der Waals surface area contributed by atoms with Crippen molar-refractivity contribution >= 4 is 12.1 Å². The molecule has 1 atom stereocenters. The molecule has 0 aliphatic heterocycles. The topological polar surface area (TPSA) is 75.6 Å². The third kappa shape index (κ3) is 4.39. The van der Waals surface area contributed by atoms with Crippen LogP contribution < -0.4 is 5.32 Å². The molecular formula is C24H17F4NO4. The highest BCUT2D eigenvalue weighted by atomic mass is 19.4. The number of benzene rings is 3. The van der Waals surface area contributed by atoms with Crippen molar-refractivity contribution in [3.63, 3.8) is 0 Å². The molecule has 9 heteroatoms. The van der Waals surface area contributed by atoms with E-state index >= 15 is 0 Å². The molecule has 0 radical (unpaired) electrons. The lowest BCUT2D eigenvalue weighted by Gasteiger charge is -2.18. The summed E-state index contributed by atoms with van der Waals surface area (Å²) in [5.74, 6) is -3.45. The minimum Gasteiger partial charge on any atom is -0.479 e. The lowest BCUT2D eigenvalue weighted by Crippen LogP contribution is -2.35. The van der Waals surface area contributed by atoms with Gasteiger partial charge in [-0.15, -0.1) is 0 Å². The largest absolute Gasteiger partial charge is 0.479 e. The van der Waals surface area contributed by atoms with Crippen LogP contribution in [0, 0.1) is 5.82 Å². The van der Waals surface area contributed by atoms with Crippen LogP contribution in [0.5, 0.6) is 0 Å². The van der Waals surface area contributed by atoms with Gasteiger partial charge >= 0.3 is 18.2 Å². The first-order valence-corrected chi connectivity index (χ1v) is 9.87. The Morgan fingerprint density at radius 3 is 2.09 bits per heavy atom. The Balaban J connectivity index is 1.51. The van der Waals surface area contributed by atoms with Gasteiger partial charge in [0.2, 0.25) is 0 Å². The van der Waals surface area contributed by atoms with Crippen LogP contribution in [0.1, 0.15) is 34.2 Å². The monoisotopic (exact) mass is 459 g/mol. The van der Waals surface area contributed by atoms with Gasteiger partial charge < -0.3 is 15.2 Å². The second-order valence-electron chi connectivity index (χ2n) is 7.48. The maximum atomic E-state index is 13.5. The van der Waals surface area contributed by atoms with Crippen LogP contribution in [0.3, 0.4) is 0 Å². The van der Waals surface area contributed by atoms with E-state index in [-0.39, 0.29) is 12.5 Å². The molecular weight excluding hydrogens is 442 g/mol. The average molecular weight is 459 g/mol. The number of carboxylic acid groups (broad SMARTS) is 1. The molecule has 1 aliphatic rings. The SMILES string of the molecule is O=C(NC(C(=O)O)c1ccc(F)c(C(F)(F)F)c1)OCC1c2ccccc2-c2ccccc21. The minimum atomic E-state index is -5.02. The Morgan fingerprint density at radius 2 is 1.55 bits per heavy atom. The molecule has 0 spiro atoms. The highest BCUT2D eigenvalue weighted by Crippen LogP contribution is 2.44. The summed E-state index contributed by atoms with van der Waals surface area (Å²) in [6.45, 7) is -0.108. The summed E-state index contributed by atoms with van der Waals surface area (Å²) >= 11 is 0. The minimum absolute atomic E-state index is 0.108. The Bertz CT molecular complexity index is 1180. The van der Waals surface area contributed by atoms with Crippen LogP contribution in [-0.4, -0.2) is 23.8 Å². The summed E-state index contributed by atoms with van der Waals surface area (Å²) in [6, 6.07) is 15.1. The van der Waals surface area contributed by atoms with Crippen molar-refractivity contribution in [2.45, 2.75) is 18.1 Å². The van der Waals surface area contributed by atoms with Crippen LogP contribution >= 0.6 is 0 Å². The van der Waals surface area contributed by atoms with Gasteiger partial charge in [-0.05, 0) is 39.9 Å². The number of rotatable bonds is 5. The molecule has 5 nitrogen and oxygen atoms in total. The van der Waals surface area contributed by atoms with E-state index in [9.17, 15) is 32.3 Å². The van der Waals surface area contributed by atoms with Gasteiger partial charge in [0.25, 0.3) is 0 Å². The van der Waals surface area contributed by atoms with Crippen molar-refractivity contribution in [1.82, 2.24) is 5.32 Å². The van der Waals surface area contributed by atoms with Crippen LogP contribution in [-0.2, 0) is 15.7 Å². The second-order valence-corrected chi connectivity index (χ2v) is 7.48. The van der Waals surface area contributed by atoms with Crippen LogP contribution in [0.2, 0.25) is 0 Å². The predicted octanol–water partition coefficient (Wildman–Crippen LogP) is 5.51. The number of alkyl carbamates (subject to hydrolysis) is 1. The van der Waals surface area contributed by atoms with Gasteiger partial charge in [0.15, 0.2) is 6.04 Å². The average Bonchev–Trinajstić information content (AvgIpc) is 3.09. The van der Waals surface area contributed by atoms with E-state index in [4.69, 9.17) is 4.74 Å².